The van der Waals surface area contributed by atoms with Gasteiger partial charge in [0, 0.05) is 0 Å². The molecular weight excluding hydrogens is 312 g/mol. The summed E-state index contributed by atoms with van der Waals surface area (Å²) in [5.74, 6) is 0.543. The van der Waals surface area contributed by atoms with E-state index in [9.17, 15) is 0 Å². The first-order valence-electron chi connectivity index (χ1n) is 9.97. The molecule has 0 N–H and O–H groups in total. The molecule has 0 aromatic heterocycles. The van der Waals surface area contributed by atoms with Crippen LogP contribution in [0.1, 0.15) is 75.6 Å². The van der Waals surface area contributed by atoms with Gasteiger partial charge in [0.15, 0.2) is 0 Å². The predicted octanol–water partition coefficient (Wildman–Crippen LogP) is 7.53. The lowest BCUT2D eigenvalue weighted by Crippen LogP contribution is -2.04. The molecule has 0 saturated heterocycles. The Morgan fingerprint density at radius 1 is 0.923 bits per heavy atom. The minimum absolute atomic E-state index is 0.345. The Labute approximate surface area is 158 Å². The molecule has 0 atom stereocenters. The fourth-order valence-electron chi connectivity index (χ4n) is 4.68. The number of hydrogen-bond donors (Lipinski definition) is 0. The Bertz CT molecular complexity index is 914. The van der Waals surface area contributed by atoms with Gasteiger partial charge in [-0.25, -0.2) is 0 Å². The first-order valence-corrected chi connectivity index (χ1v) is 9.97. The van der Waals surface area contributed by atoms with E-state index in [1.807, 2.05) is 0 Å². The van der Waals surface area contributed by atoms with Crippen LogP contribution in [0.2, 0.25) is 0 Å². The summed E-state index contributed by atoms with van der Waals surface area (Å²) < 4.78 is 0. The molecule has 2 aliphatic carbocycles. The molecule has 0 bridgehead atoms. The van der Waals surface area contributed by atoms with Crippen molar-refractivity contribution in [1.29, 1.82) is 0 Å². The van der Waals surface area contributed by atoms with Gasteiger partial charge in [-0.05, 0) is 69.5 Å². The van der Waals surface area contributed by atoms with Gasteiger partial charge in [0.25, 0.3) is 0 Å². The van der Waals surface area contributed by atoms with Gasteiger partial charge in [0.05, 0.1) is 0 Å². The average molecular weight is 343 g/mol. The molecule has 134 valence electrons. The molecule has 0 fully saturated rings. The summed E-state index contributed by atoms with van der Waals surface area (Å²) in [6.45, 7) is 11.7. The van der Waals surface area contributed by atoms with Crippen LogP contribution in [0.15, 0.2) is 54.1 Å². The van der Waals surface area contributed by atoms with Crippen LogP contribution < -0.4 is 0 Å². The molecule has 0 spiro atoms. The van der Waals surface area contributed by atoms with Crippen LogP contribution in [-0.2, 0) is 6.42 Å². The van der Waals surface area contributed by atoms with E-state index in [2.05, 4.69) is 83.2 Å². The molecule has 0 heteroatoms. The lowest BCUT2D eigenvalue weighted by molar-refractivity contribution is 0.413. The highest BCUT2D eigenvalue weighted by Gasteiger charge is 2.26. The molecule has 0 nitrogen and oxygen atoms in total. The van der Waals surface area contributed by atoms with Crippen molar-refractivity contribution in [3.05, 3.63) is 76.4 Å². The van der Waals surface area contributed by atoms with E-state index in [1.54, 1.807) is 11.1 Å². The molecule has 2 aromatic rings. The summed E-state index contributed by atoms with van der Waals surface area (Å²) in [7, 11) is 0. The number of benzene rings is 2. The fraction of sp³-hybridized carbons (Fsp3) is 0.385. The van der Waals surface area contributed by atoms with E-state index < -0.39 is 0 Å². The zero-order valence-electron chi connectivity index (χ0n) is 16.8. The summed E-state index contributed by atoms with van der Waals surface area (Å²) >= 11 is 0. The van der Waals surface area contributed by atoms with Crippen LogP contribution in [0.25, 0.3) is 16.7 Å². The van der Waals surface area contributed by atoms with Crippen LogP contribution >= 0.6 is 0 Å². The molecule has 4 rings (SSSR count). The van der Waals surface area contributed by atoms with Gasteiger partial charge in [0.1, 0.15) is 0 Å². The maximum absolute atomic E-state index is 2.46. The van der Waals surface area contributed by atoms with E-state index in [0.29, 0.717) is 11.3 Å². The van der Waals surface area contributed by atoms with E-state index in [1.165, 1.54) is 33.4 Å². The van der Waals surface area contributed by atoms with Gasteiger partial charge in [-0.1, -0.05) is 88.7 Å². The molecule has 0 heterocycles. The maximum atomic E-state index is 2.46. The fourth-order valence-corrected chi connectivity index (χ4v) is 4.68. The Balaban J connectivity index is 1.76. The number of rotatable bonds is 3. The van der Waals surface area contributed by atoms with Crippen LogP contribution in [0, 0.1) is 5.41 Å². The van der Waals surface area contributed by atoms with Crippen molar-refractivity contribution in [2.75, 3.05) is 0 Å². The Morgan fingerprint density at radius 2 is 1.65 bits per heavy atom. The smallest absolute Gasteiger partial charge is 0.00104 e. The van der Waals surface area contributed by atoms with Crippen molar-refractivity contribution in [2.24, 2.45) is 5.41 Å². The van der Waals surface area contributed by atoms with Crippen molar-refractivity contribution in [1.82, 2.24) is 0 Å². The van der Waals surface area contributed by atoms with Crippen LogP contribution in [0.4, 0.5) is 0 Å². The van der Waals surface area contributed by atoms with E-state index in [0.717, 1.165) is 19.3 Å². The zero-order valence-corrected chi connectivity index (χ0v) is 16.8. The molecule has 0 radical (unpaired) electrons. The van der Waals surface area contributed by atoms with Crippen LogP contribution in [-0.4, -0.2) is 0 Å². The number of allylic oxidation sites excluding steroid dienone is 4. The standard InChI is InChI=1S/C26H30/c1-17(2)25-22(20-11-10-18(14-20)16-26(3,4)5)12-13-23-21-9-7-6-8-19(21)15-24(23)25/h6-10,12-14,17H,11,15-16H2,1-5H3. The second-order valence-electron chi connectivity index (χ2n) is 9.43. The Kier molecular flexibility index (Phi) is 4.18. The van der Waals surface area contributed by atoms with Crippen LogP contribution in [0.5, 0.6) is 0 Å². The normalized spacial score (nSPS) is 15.8. The van der Waals surface area contributed by atoms with Crippen molar-refractivity contribution < 1.29 is 0 Å². The Hall–Kier alpha value is -2.08. The third-order valence-corrected chi connectivity index (χ3v) is 5.63. The van der Waals surface area contributed by atoms with Gasteiger partial charge in [-0.15, -0.1) is 0 Å². The van der Waals surface area contributed by atoms with Crippen LogP contribution in [0.3, 0.4) is 0 Å². The topological polar surface area (TPSA) is 0 Å². The predicted molar refractivity (Wildman–Crippen MR) is 114 cm³/mol. The maximum Gasteiger partial charge on any atom is -0.00104 e. The summed E-state index contributed by atoms with van der Waals surface area (Å²) in [5.41, 5.74) is 12.3. The van der Waals surface area contributed by atoms with Gasteiger partial charge in [0.2, 0.25) is 0 Å². The molecule has 0 saturated carbocycles. The van der Waals surface area contributed by atoms with E-state index in [4.69, 9.17) is 0 Å². The third-order valence-electron chi connectivity index (χ3n) is 5.63. The highest BCUT2D eigenvalue weighted by atomic mass is 14.3. The molecule has 0 unspecified atom stereocenters. The molecule has 2 aromatic carbocycles. The second-order valence-corrected chi connectivity index (χ2v) is 9.43. The zero-order chi connectivity index (χ0) is 18.5. The lowest BCUT2D eigenvalue weighted by atomic mass is 9.85. The van der Waals surface area contributed by atoms with Crippen molar-refractivity contribution in [3.8, 4) is 11.1 Å². The first kappa shape index (κ1) is 17.3. The molecule has 2 aliphatic rings. The summed E-state index contributed by atoms with van der Waals surface area (Å²) in [5, 5.41) is 0. The first-order chi connectivity index (χ1) is 12.3. The van der Waals surface area contributed by atoms with Crippen molar-refractivity contribution in [2.45, 2.75) is 59.8 Å². The second kappa shape index (κ2) is 6.27. The number of hydrogen-bond acceptors (Lipinski definition) is 0. The minimum atomic E-state index is 0.345. The highest BCUT2D eigenvalue weighted by Crippen LogP contribution is 2.44. The lowest BCUT2D eigenvalue weighted by Gasteiger charge is -2.19. The number of fused-ring (bicyclic) bond motifs is 3. The molecular formula is C26H30. The van der Waals surface area contributed by atoms with Gasteiger partial charge < -0.3 is 0 Å². The van der Waals surface area contributed by atoms with Gasteiger partial charge >= 0.3 is 0 Å². The quantitative estimate of drug-likeness (QED) is 0.461. The third kappa shape index (κ3) is 3.07. The summed E-state index contributed by atoms with van der Waals surface area (Å²) in [6.07, 6.45) is 8.22. The van der Waals surface area contributed by atoms with Gasteiger partial charge in [-0.3, -0.25) is 0 Å². The van der Waals surface area contributed by atoms with E-state index in [-0.39, 0.29) is 0 Å². The monoisotopic (exact) mass is 342 g/mol. The van der Waals surface area contributed by atoms with E-state index >= 15 is 0 Å². The molecule has 26 heavy (non-hydrogen) atoms. The summed E-state index contributed by atoms with van der Waals surface area (Å²) in [6, 6.07) is 13.7. The van der Waals surface area contributed by atoms with Gasteiger partial charge in [-0.2, -0.15) is 0 Å². The van der Waals surface area contributed by atoms with Crippen molar-refractivity contribution in [3.63, 3.8) is 0 Å². The minimum Gasteiger partial charge on any atom is -0.0769 e. The highest BCUT2D eigenvalue weighted by molar-refractivity contribution is 5.84. The largest absolute Gasteiger partial charge is 0.0769 e. The SMILES string of the molecule is CC(C)c1c(C2=CC(CC(C)(C)C)=CC2)ccc2c1Cc1ccccc1-2. The van der Waals surface area contributed by atoms with Crippen molar-refractivity contribution >= 4 is 5.57 Å². The molecule has 0 amide bonds. The Morgan fingerprint density at radius 3 is 2.38 bits per heavy atom. The average Bonchev–Trinajstić information content (AvgIpc) is 3.16. The summed E-state index contributed by atoms with van der Waals surface area (Å²) in [4.78, 5) is 0. The molecule has 0 aliphatic heterocycles.